The first-order valence-electron chi connectivity index (χ1n) is 7.40. The van der Waals surface area contributed by atoms with Crippen LogP contribution >= 0.6 is 0 Å². The highest BCUT2D eigenvalue weighted by molar-refractivity contribution is 6.04. The zero-order chi connectivity index (χ0) is 17.4. The van der Waals surface area contributed by atoms with Gasteiger partial charge in [-0.05, 0) is 49.6 Å². The van der Waals surface area contributed by atoms with Crippen molar-refractivity contribution in [2.24, 2.45) is 0 Å². The molecule has 0 aliphatic heterocycles. The summed E-state index contributed by atoms with van der Waals surface area (Å²) >= 11 is 0. The van der Waals surface area contributed by atoms with Crippen molar-refractivity contribution in [3.8, 4) is 5.75 Å². The molecule has 0 aromatic heterocycles. The molecule has 0 amide bonds. The Bertz CT molecular complexity index is 722. The van der Waals surface area contributed by atoms with Crippen molar-refractivity contribution in [3.05, 3.63) is 58.9 Å². The first-order chi connectivity index (χ1) is 10.7. The number of ether oxygens (including phenoxy) is 1. The first-order valence-corrected chi connectivity index (χ1v) is 7.40. The third kappa shape index (κ3) is 2.45. The van der Waals surface area contributed by atoms with Gasteiger partial charge in [0, 0.05) is 19.1 Å². The Kier molecular flexibility index (Phi) is 4.36. The highest BCUT2D eigenvalue weighted by atomic mass is 16.5. The monoisotopic (exact) mass is 314 g/mol. The average Bonchev–Trinajstić information content (AvgIpc) is 2.56. The van der Waals surface area contributed by atoms with Gasteiger partial charge in [0.15, 0.2) is 11.4 Å². The summed E-state index contributed by atoms with van der Waals surface area (Å²) in [5, 5.41) is 20.7. The van der Waals surface area contributed by atoms with Crippen molar-refractivity contribution in [1.29, 1.82) is 0 Å². The van der Waals surface area contributed by atoms with Gasteiger partial charge in [-0.3, -0.25) is 4.79 Å². The minimum absolute atomic E-state index is 0.0393. The molecular formula is C19H22O4. The molecule has 1 aromatic carbocycles. The van der Waals surface area contributed by atoms with Crippen LogP contribution in [0.1, 0.15) is 32.8 Å². The van der Waals surface area contributed by atoms with Gasteiger partial charge in [0.2, 0.25) is 0 Å². The number of hydrogen-bond donors (Lipinski definition) is 2. The van der Waals surface area contributed by atoms with E-state index < -0.39 is 11.2 Å². The maximum absolute atomic E-state index is 13.0. The molecule has 4 nitrogen and oxygen atoms in total. The van der Waals surface area contributed by atoms with Crippen molar-refractivity contribution in [2.75, 3.05) is 7.11 Å². The van der Waals surface area contributed by atoms with Crippen LogP contribution in [-0.2, 0) is 15.1 Å². The summed E-state index contributed by atoms with van der Waals surface area (Å²) in [5.74, 6) is -0.0890. The molecule has 0 heterocycles. The van der Waals surface area contributed by atoms with E-state index in [0.717, 1.165) is 0 Å². The second-order valence-electron chi connectivity index (χ2n) is 6.00. The molecule has 1 aromatic rings. The maximum atomic E-state index is 13.0. The van der Waals surface area contributed by atoms with Crippen molar-refractivity contribution in [1.82, 2.24) is 0 Å². The van der Waals surface area contributed by atoms with E-state index in [1.165, 1.54) is 19.2 Å². The SMILES string of the molecule is C=C=C(C)[C@@]1(O)C[C@@](OC)(c2ccc(O)cc2)C(=O)C(C)=C1C. The summed E-state index contributed by atoms with van der Waals surface area (Å²) in [7, 11) is 1.45. The Labute approximate surface area is 136 Å². The molecule has 0 saturated carbocycles. The van der Waals surface area contributed by atoms with Gasteiger partial charge in [0.25, 0.3) is 0 Å². The lowest BCUT2D eigenvalue weighted by molar-refractivity contribution is -0.147. The number of ketones is 1. The molecule has 0 fully saturated rings. The summed E-state index contributed by atoms with van der Waals surface area (Å²) in [5.41, 5.74) is 2.25. The van der Waals surface area contributed by atoms with Gasteiger partial charge in [-0.1, -0.05) is 18.7 Å². The van der Waals surface area contributed by atoms with Crippen LogP contribution < -0.4 is 0 Å². The molecule has 0 radical (unpaired) electrons. The maximum Gasteiger partial charge on any atom is 0.195 e. The third-order valence-corrected chi connectivity index (χ3v) is 4.96. The summed E-state index contributed by atoms with van der Waals surface area (Å²) in [6.07, 6.45) is 0.0393. The van der Waals surface area contributed by atoms with E-state index in [0.29, 0.717) is 22.3 Å². The lowest BCUT2D eigenvalue weighted by atomic mass is 9.66. The highest BCUT2D eigenvalue weighted by Gasteiger charge is 2.53. The van der Waals surface area contributed by atoms with Gasteiger partial charge < -0.3 is 14.9 Å². The predicted octanol–water partition coefficient (Wildman–Crippen LogP) is 3.01. The third-order valence-electron chi connectivity index (χ3n) is 4.96. The van der Waals surface area contributed by atoms with E-state index >= 15 is 0 Å². The summed E-state index contributed by atoms with van der Waals surface area (Å²) < 4.78 is 5.64. The summed E-state index contributed by atoms with van der Waals surface area (Å²) in [6.45, 7) is 8.77. The number of aliphatic hydroxyl groups is 1. The molecule has 0 saturated heterocycles. The second kappa shape index (κ2) is 5.82. The summed E-state index contributed by atoms with van der Waals surface area (Å²) in [6, 6.07) is 6.27. The van der Waals surface area contributed by atoms with Gasteiger partial charge in [-0.15, -0.1) is 5.73 Å². The zero-order valence-corrected chi connectivity index (χ0v) is 13.9. The minimum Gasteiger partial charge on any atom is -0.508 e. The van der Waals surface area contributed by atoms with Crippen LogP contribution in [0.4, 0.5) is 0 Å². The number of rotatable bonds is 3. The smallest absolute Gasteiger partial charge is 0.195 e. The number of hydrogen-bond acceptors (Lipinski definition) is 4. The fourth-order valence-electron chi connectivity index (χ4n) is 3.16. The molecular weight excluding hydrogens is 292 g/mol. The standard InChI is InChI=1S/C19H22O4/c1-6-12(2)18(22)11-19(23-5,17(21)13(3)14(18)4)15-7-9-16(20)10-8-15/h7-10,20,22H,1,11H2,2-5H3/t18-,19+/m0/s1. The Morgan fingerprint density at radius 2 is 1.87 bits per heavy atom. The largest absolute Gasteiger partial charge is 0.508 e. The van der Waals surface area contributed by atoms with Crippen LogP contribution in [0, 0.1) is 0 Å². The van der Waals surface area contributed by atoms with E-state index in [2.05, 4.69) is 12.3 Å². The fraction of sp³-hybridized carbons (Fsp3) is 0.368. The van der Waals surface area contributed by atoms with Gasteiger partial charge in [-0.25, -0.2) is 0 Å². The molecule has 0 unspecified atom stereocenters. The number of Topliss-reactive ketones (excluding diaryl/α,β-unsaturated/α-hetero) is 1. The van der Waals surface area contributed by atoms with Crippen LogP contribution in [0.5, 0.6) is 5.75 Å². The zero-order valence-electron chi connectivity index (χ0n) is 13.9. The number of aromatic hydroxyl groups is 1. The van der Waals surface area contributed by atoms with E-state index in [-0.39, 0.29) is 18.0 Å². The number of carbonyl (C=O) groups is 1. The molecule has 1 aliphatic rings. The lowest BCUT2D eigenvalue weighted by Gasteiger charge is -2.44. The molecule has 0 spiro atoms. The molecule has 0 bridgehead atoms. The Balaban J connectivity index is 2.73. The normalized spacial score (nSPS) is 27.8. The number of carbonyl (C=O) groups excluding carboxylic acids is 1. The Hall–Kier alpha value is -2.13. The van der Waals surface area contributed by atoms with Gasteiger partial charge in [-0.2, -0.15) is 0 Å². The van der Waals surface area contributed by atoms with Crippen molar-refractivity contribution >= 4 is 5.78 Å². The fourth-order valence-corrected chi connectivity index (χ4v) is 3.16. The van der Waals surface area contributed by atoms with Crippen LogP contribution in [0.2, 0.25) is 0 Å². The van der Waals surface area contributed by atoms with Gasteiger partial charge in [0.05, 0.1) is 0 Å². The van der Waals surface area contributed by atoms with Crippen LogP contribution in [0.3, 0.4) is 0 Å². The number of phenols is 1. The minimum atomic E-state index is -1.35. The van der Waals surface area contributed by atoms with E-state index in [1.54, 1.807) is 32.9 Å². The van der Waals surface area contributed by atoms with E-state index in [1.807, 2.05) is 0 Å². The number of methoxy groups -OCH3 is 1. The Morgan fingerprint density at radius 1 is 1.30 bits per heavy atom. The van der Waals surface area contributed by atoms with Gasteiger partial charge in [0.1, 0.15) is 11.4 Å². The second-order valence-corrected chi connectivity index (χ2v) is 6.00. The van der Waals surface area contributed by atoms with E-state index in [4.69, 9.17) is 4.74 Å². The molecule has 2 N–H and O–H groups in total. The number of phenolic OH excluding ortho intramolecular Hbond substituents is 1. The predicted molar refractivity (Wildman–Crippen MR) is 88.1 cm³/mol. The van der Waals surface area contributed by atoms with Crippen LogP contribution in [0.25, 0.3) is 0 Å². The van der Waals surface area contributed by atoms with Crippen molar-refractivity contribution in [3.63, 3.8) is 0 Å². The highest BCUT2D eigenvalue weighted by Crippen LogP contribution is 2.47. The molecule has 23 heavy (non-hydrogen) atoms. The van der Waals surface area contributed by atoms with Gasteiger partial charge >= 0.3 is 0 Å². The summed E-state index contributed by atoms with van der Waals surface area (Å²) in [4.78, 5) is 13.0. The Morgan fingerprint density at radius 3 is 2.35 bits per heavy atom. The number of benzene rings is 1. The van der Waals surface area contributed by atoms with Crippen LogP contribution in [0.15, 0.2) is 53.3 Å². The lowest BCUT2D eigenvalue weighted by Crippen LogP contribution is -2.52. The topological polar surface area (TPSA) is 66.8 Å². The molecule has 1 aliphatic carbocycles. The van der Waals surface area contributed by atoms with Crippen molar-refractivity contribution in [2.45, 2.75) is 38.4 Å². The van der Waals surface area contributed by atoms with Crippen molar-refractivity contribution < 1.29 is 19.7 Å². The molecule has 4 heteroatoms. The molecule has 122 valence electrons. The van der Waals surface area contributed by atoms with Crippen LogP contribution in [-0.4, -0.2) is 28.7 Å². The molecule has 2 atom stereocenters. The van der Waals surface area contributed by atoms with E-state index in [9.17, 15) is 15.0 Å². The quantitative estimate of drug-likeness (QED) is 0.842. The average molecular weight is 314 g/mol. The first kappa shape index (κ1) is 17.2. The molecule has 2 rings (SSSR count).